The summed E-state index contributed by atoms with van der Waals surface area (Å²) in [5, 5.41) is 15.9. The molecule has 9 nitrogen and oxygen atoms in total. The van der Waals surface area contributed by atoms with E-state index >= 15 is 0 Å². The van der Waals surface area contributed by atoms with E-state index in [1.807, 2.05) is 0 Å². The molecule has 10 heteroatoms. The number of carboxylic acid groups (broad SMARTS) is 1. The maximum absolute atomic E-state index is 12.8. The Bertz CT molecular complexity index is 635. The van der Waals surface area contributed by atoms with Crippen LogP contribution in [0.2, 0.25) is 0 Å². The van der Waals surface area contributed by atoms with E-state index in [1.165, 1.54) is 19.1 Å². The molecule has 0 radical (unpaired) electrons. The van der Waals surface area contributed by atoms with E-state index in [4.69, 9.17) is 9.84 Å². The highest BCUT2D eigenvalue weighted by molar-refractivity contribution is 5.87. The van der Waals surface area contributed by atoms with Crippen molar-refractivity contribution in [2.24, 2.45) is 0 Å². The Morgan fingerprint density at radius 3 is 2.16 bits per heavy atom. The number of aliphatic carboxylic acids is 1. The van der Waals surface area contributed by atoms with Crippen LogP contribution in [0.25, 0.3) is 0 Å². The molecule has 1 atom stereocenters. The Hall–Kier alpha value is -3.17. The molecule has 0 aliphatic carbocycles. The summed E-state index contributed by atoms with van der Waals surface area (Å²) in [7, 11) is 0. The van der Waals surface area contributed by atoms with Crippen molar-refractivity contribution in [1.82, 2.24) is 16.0 Å². The minimum Gasteiger partial charge on any atom is -0.478 e. The molecule has 0 spiro atoms. The Labute approximate surface area is 142 Å². The molecule has 0 bridgehead atoms. The molecule has 3 amide bonds. The van der Waals surface area contributed by atoms with E-state index < -0.39 is 29.7 Å². The van der Waals surface area contributed by atoms with E-state index in [9.17, 15) is 23.6 Å². The third kappa shape index (κ3) is 8.30. The second-order valence-electron chi connectivity index (χ2n) is 4.89. The first kappa shape index (κ1) is 19.9. The van der Waals surface area contributed by atoms with Gasteiger partial charge in [-0.05, 0) is 24.3 Å². The number of benzene rings is 1. The maximum atomic E-state index is 12.8. The van der Waals surface area contributed by atoms with Gasteiger partial charge >= 0.3 is 5.97 Å². The summed E-state index contributed by atoms with van der Waals surface area (Å²) in [4.78, 5) is 44.7. The highest BCUT2D eigenvalue weighted by atomic mass is 19.1. The second-order valence-corrected chi connectivity index (χ2v) is 4.89. The molecule has 0 aliphatic rings. The Kier molecular flexibility index (Phi) is 7.83. The van der Waals surface area contributed by atoms with Crippen molar-refractivity contribution in [2.75, 3.05) is 19.6 Å². The number of hydrogen-bond acceptors (Lipinski definition) is 5. The van der Waals surface area contributed by atoms with E-state index in [2.05, 4.69) is 16.0 Å². The SMILES string of the molecule is CC(=O)NCC(=O)NCC(=O)NCC(Oc1ccc(F)cc1)C(=O)O. The van der Waals surface area contributed by atoms with Crippen LogP contribution in [0.5, 0.6) is 5.75 Å². The zero-order valence-electron chi connectivity index (χ0n) is 13.4. The number of ether oxygens (including phenoxy) is 1. The van der Waals surface area contributed by atoms with Gasteiger partial charge in [0.15, 0.2) is 0 Å². The fourth-order valence-corrected chi connectivity index (χ4v) is 1.57. The molecule has 0 aliphatic heterocycles. The van der Waals surface area contributed by atoms with Crippen LogP contribution in [0, 0.1) is 5.82 Å². The molecule has 4 N–H and O–H groups in total. The van der Waals surface area contributed by atoms with Crippen molar-refractivity contribution in [2.45, 2.75) is 13.0 Å². The predicted octanol–water partition coefficient (Wildman–Crippen LogP) is -0.974. The number of rotatable bonds is 9. The van der Waals surface area contributed by atoms with Gasteiger partial charge in [0.2, 0.25) is 23.8 Å². The second kappa shape index (κ2) is 9.85. The van der Waals surface area contributed by atoms with Gasteiger partial charge in [-0.1, -0.05) is 0 Å². The van der Waals surface area contributed by atoms with Crippen LogP contribution < -0.4 is 20.7 Å². The van der Waals surface area contributed by atoms with Crippen molar-refractivity contribution in [3.63, 3.8) is 0 Å². The summed E-state index contributed by atoms with van der Waals surface area (Å²) in [5.41, 5.74) is 0. The Morgan fingerprint density at radius 1 is 1.04 bits per heavy atom. The van der Waals surface area contributed by atoms with Gasteiger partial charge in [0.25, 0.3) is 0 Å². The van der Waals surface area contributed by atoms with Crippen molar-refractivity contribution in [3.8, 4) is 5.75 Å². The third-order valence-electron chi connectivity index (χ3n) is 2.80. The van der Waals surface area contributed by atoms with Gasteiger partial charge in [-0.15, -0.1) is 0 Å². The minimum absolute atomic E-state index is 0.131. The van der Waals surface area contributed by atoms with E-state index in [0.717, 1.165) is 12.1 Å². The summed E-state index contributed by atoms with van der Waals surface area (Å²) < 4.78 is 18.0. The monoisotopic (exact) mass is 355 g/mol. The number of nitrogens with one attached hydrogen (secondary N) is 3. The number of carbonyl (C=O) groups excluding carboxylic acids is 3. The number of carbonyl (C=O) groups is 4. The topological polar surface area (TPSA) is 134 Å². The zero-order chi connectivity index (χ0) is 18.8. The molecule has 1 aromatic rings. The minimum atomic E-state index is -1.38. The largest absolute Gasteiger partial charge is 0.478 e. The van der Waals surface area contributed by atoms with E-state index in [0.29, 0.717) is 0 Å². The molecule has 25 heavy (non-hydrogen) atoms. The highest BCUT2D eigenvalue weighted by Crippen LogP contribution is 2.13. The van der Waals surface area contributed by atoms with Crippen LogP contribution >= 0.6 is 0 Å². The standard InChI is InChI=1S/C15H18FN3O6/c1-9(20)17-7-13(21)19-8-14(22)18-6-12(15(23)24)25-11-4-2-10(16)3-5-11/h2-5,12H,6-8H2,1H3,(H,17,20)(H,18,22)(H,19,21)(H,23,24). The van der Waals surface area contributed by atoms with Gasteiger partial charge in [0.1, 0.15) is 11.6 Å². The predicted molar refractivity (Wildman–Crippen MR) is 83.2 cm³/mol. The molecular weight excluding hydrogens is 337 g/mol. The molecule has 1 rings (SSSR count). The van der Waals surface area contributed by atoms with Crippen LogP contribution in [-0.4, -0.2) is 54.5 Å². The maximum Gasteiger partial charge on any atom is 0.346 e. The summed E-state index contributed by atoms with van der Waals surface area (Å²) >= 11 is 0. The van der Waals surface area contributed by atoms with Crippen LogP contribution in [0.15, 0.2) is 24.3 Å². The van der Waals surface area contributed by atoms with Crippen molar-refractivity contribution in [3.05, 3.63) is 30.1 Å². The molecular formula is C15H18FN3O6. The van der Waals surface area contributed by atoms with E-state index in [-0.39, 0.29) is 31.3 Å². The van der Waals surface area contributed by atoms with Crippen molar-refractivity contribution >= 4 is 23.7 Å². The third-order valence-corrected chi connectivity index (χ3v) is 2.80. The van der Waals surface area contributed by atoms with Crippen LogP contribution in [-0.2, 0) is 19.2 Å². The fraction of sp³-hybridized carbons (Fsp3) is 0.333. The molecule has 1 unspecified atom stereocenters. The van der Waals surface area contributed by atoms with Gasteiger partial charge in [-0.25, -0.2) is 9.18 Å². The lowest BCUT2D eigenvalue weighted by Crippen LogP contribution is -2.45. The summed E-state index contributed by atoms with van der Waals surface area (Å²) in [6.45, 7) is 0.232. The summed E-state index contributed by atoms with van der Waals surface area (Å²) in [5.74, 6) is -3.27. The number of hydrogen-bond donors (Lipinski definition) is 4. The molecule has 0 saturated carbocycles. The lowest BCUT2D eigenvalue weighted by molar-refractivity contribution is -0.145. The Balaban J connectivity index is 2.39. The number of carboxylic acids is 1. The average molecular weight is 355 g/mol. The van der Waals surface area contributed by atoms with Gasteiger partial charge in [-0.2, -0.15) is 0 Å². The normalized spacial score (nSPS) is 11.1. The zero-order valence-corrected chi connectivity index (χ0v) is 13.4. The van der Waals surface area contributed by atoms with Gasteiger partial charge in [0, 0.05) is 6.92 Å². The number of halogens is 1. The molecule has 0 heterocycles. The quantitative estimate of drug-likeness (QED) is 0.450. The van der Waals surface area contributed by atoms with Gasteiger partial charge in [-0.3, -0.25) is 14.4 Å². The van der Waals surface area contributed by atoms with Gasteiger partial charge < -0.3 is 25.8 Å². The van der Waals surface area contributed by atoms with Crippen molar-refractivity contribution < 1.29 is 33.4 Å². The molecule has 136 valence electrons. The molecule has 0 aromatic heterocycles. The molecule has 0 saturated heterocycles. The number of amides is 3. The lowest BCUT2D eigenvalue weighted by atomic mass is 10.3. The van der Waals surface area contributed by atoms with Crippen molar-refractivity contribution in [1.29, 1.82) is 0 Å². The first-order valence-corrected chi connectivity index (χ1v) is 7.20. The van der Waals surface area contributed by atoms with Crippen LogP contribution in [0.4, 0.5) is 4.39 Å². The smallest absolute Gasteiger partial charge is 0.346 e. The summed E-state index contributed by atoms with van der Waals surface area (Å²) in [6, 6.07) is 4.74. The average Bonchev–Trinajstić information content (AvgIpc) is 2.56. The Morgan fingerprint density at radius 2 is 1.60 bits per heavy atom. The fourth-order valence-electron chi connectivity index (χ4n) is 1.57. The van der Waals surface area contributed by atoms with E-state index in [1.54, 1.807) is 0 Å². The van der Waals surface area contributed by atoms with Gasteiger partial charge in [0.05, 0.1) is 19.6 Å². The van der Waals surface area contributed by atoms with Crippen LogP contribution in [0.1, 0.15) is 6.92 Å². The first-order chi connectivity index (χ1) is 11.8. The first-order valence-electron chi connectivity index (χ1n) is 7.20. The molecule has 1 aromatic carbocycles. The lowest BCUT2D eigenvalue weighted by Gasteiger charge is -2.16. The highest BCUT2D eigenvalue weighted by Gasteiger charge is 2.20. The summed E-state index contributed by atoms with van der Waals surface area (Å²) in [6.07, 6.45) is -1.38. The van der Waals surface area contributed by atoms with Crippen LogP contribution in [0.3, 0.4) is 0 Å². The molecule has 0 fully saturated rings.